The number of allylic oxidation sites excluding steroid dienone is 1. The van der Waals surface area contributed by atoms with E-state index < -0.39 is 0 Å². The Morgan fingerprint density at radius 2 is 2.06 bits per heavy atom. The number of fused-ring (bicyclic) bond motifs is 1. The van der Waals surface area contributed by atoms with Crippen molar-refractivity contribution in [3.63, 3.8) is 0 Å². The molecule has 4 rings (SSSR count). The van der Waals surface area contributed by atoms with E-state index in [1.165, 1.54) is 0 Å². The lowest BCUT2D eigenvalue weighted by atomic mass is 10.1. The summed E-state index contributed by atoms with van der Waals surface area (Å²) in [6, 6.07) is 13.2. The molecule has 2 aromatic carbocycles. The smallest absolute Gasteiger partial charge is 0.229 e. The zero-order chi connectivity index (χ0) is 22.5. The monoisotopic (exact) mass is 431 g/mol. The summed E-state index contributed by atoms with van der Waals surface area (Å²) in [5.41, 5.74) is 5.77. The Bertz CT molecular complexity index is 1170. The van der Waals surface area contributed by atoms with E-state index in [1.54, 1.807) is 25.4 Å². The quantitative estimate of drug-likeness (QED) is 0.401. The minimum absolute atomic E-state index is 0.264. The molecule has 0 bridgehead atoms. The van der Waals surface area contributed by atoms with Crippen molar-refractivity contribution in [1.29, 1.82) is 0 Å². The molecule has 1 aromatic heterocycles. The van der Waals surface area contributed by atoms with Crippen molar-refractivity contribution >= 4 is 34.9 Å². The maximum absolute atomic E-state index is 14.9. The summed E-state index contributed by atoms with van der Waals surface area (Å²) in [4.78, 5) is 8.76. The maximum atomic E-state index is 14.9. The number of nitrogens with zero attached hydrogens (tertiary/aromatic N) is 2. The van der Waals surface area contributed by atoms with Gasteiger partial charge in [-0.3, -0.25) is 0 Å². The predicted octanol–water partition coefficient (Wildman–Crippen LogP) is 5.27. The fraction of sp³-hybridized carbons (Fsp3) is 0.200. The molecule has 3 N–H and O–H groups in total. The number of nitrogens with one attached hydrogen (secondary N) is 3. The third-order valence-corrected chi connectivity index (χ3v) is 5.16. The average molecular weight is 432 g/mol. The van der Waals surface area contributed by atoms with Crippen LogP contribution in [0.25, 0.3) is 11.8 Å². The molecule has 0 spiro atoms. The molecule has 1 aliphatic carbocycles. The molecule has 0 amide bonds. The molecule has 0 saturated carbocycles. The minimum atomic E-state index is -0.264. The van der Waals surface area contributed by atoms with Gasteiger partial charge in [0.05, 0.1) is 12.3 Å². The number of hydrogen-bond acceptors (Lipinski definition) is 6. The van der Waals surface area contributed by atoms with Gasteiger partial charge in [-0.1, -0.05) is 36.4 Å². The third kappa shape index (κ3) is 4.95. The van der Waals surface area contributed by atoms with E-state index in [4.69, 9.17) is 4.74 Å². The van der Waals surface area contributed by atoms with Crippen molar-refractivity contribution < 1.29 is 9.13 Å². The molecule has 6 nitrogen and oxygen atoms in total. The van der Waals surface area contributed by atoms with Gasteiger partial charge >= 0.3 is 0 Å². The standard InChI is InChI=1S/C25H26FN5O/c1-16-13-19-7-8-22(24(26)21(19)14-16)30-23-9-10-28-25(31-23)29-20-6-4-5-18(15-20)17(2)27-11-12-32-3/h4-10,14-15,27H,2,11-13H2,1,3H3,(H2,28,29,30,31). The second-order valence-corrected chi connectivity index (χ2v) is 7.66. The van der Waals surface area contributed by atoms with Crippen molar-refractivity contribution in [2.24, 2.45) is 0 Å². The van der Waals surface area contributed by atoms with Gasteiger partial charge in [-0.2, -0.15) is 4.98 Å². The SMILES string of the molecule is C=C(NCCOC)c1cccc(Nc2nccc(Nc3ccc4c(c3F)C=C(C)C4)n2)c1. The van der Waals surface area contributed by atoms with Crippen LogP contribution in [0.5, 0.6) is 0 Å². The molecule has 1 heterocycles. The van der Waals surface area contributed by atoms with Gasteiger partial charge in [-0.25, -0.2) is 9.37 Å². The normalized spacial score (nSPS) is 12.2. The van der Waals surface area contributed by atoms with E-state index in [1.807, 2.05) is 43.3 Å². The lowest BCUT2D eigenvalue weighted by Gasteiger charge is -2.12. The predicted molar refractivity (Wildman–Crippen MR) is 128 cm³/mol. The Balaban J connectivity index is 1.47. The van der Waals surface area contributed by atoms with Gasteiger partial charge in [0.2, 0.25) is 5.95 Å². The van der Waals surface area contributed by atoms with Gasteiger partial charge in [0, 0.05) is 36.8 Å². The highest BCUT2D eigenvalue weighted by molar-refractivity contribution is 5.71. The Morgan fingerprint density at radius 1 is 1.19 bits per heavy atom. The van der Waals surface area contributed by atoms with Gasteiger partial charge in [-0.15, -0.1) is 0 Å². The maximum Gasteiger partial charge on any atom is 0.229 e. The molecular weight excluding hydrogens is 405 g/mol. The number of ether oxygens (including phenoxy) is 1. The summed E-state index contributed by atoms with van der Waals surface area (Å²) in [5.74, 6) is 0.643. The highest BCUT2D eigenvalue weighted by Gasteiger charge is 2.17. The van der Waals surface area contributed by atoms with Crippen LogP contribution in [-0.4, -0.2) is 30.2 Å². The molecule has 164 valence electrons. The van der Waals surface area contributed by atoms with Gasteiger partial charge in [0.25, 0.3) is 0 Å². The van der Waals surface area contributed by atoms with E-state index in [0.29, 0.717) is 36.2 Å². The largest absolute Gasteiger partial charge is 0.383 e. The highest BCUT2D eigenvalue weighted by atomic mass is 19.1. The van der Waals surface area contributed by atoms with Crippen molar-refractivity contribution in [2.45, 2.75) is 13.3 Å². The number of anilines is 4. The third-order valence-electron chi connectivity index (χ3n) is 5.16. The Labute approximate surface area is 187 Å². The number of methoxy groups -OCH3 is 1. The lowest BCUT2D eigenvalue weighted by molar-refractivity contribution is 0.203. The Kier molecular flexibility index (Phi) is 6.47. The van der Waals surface area contributed by atoms with Crippen molar-refractivity contribution in [3.05, 3.63) is 83.3 Å². The average Bonchev–Trinajstić information content (AvgIpc) is 3.17. The fourth-order valence-electron chi connectivity index (χ4n) is 3.58. The van der Waals surface area contributed by atoms with Crippen LogP contribution in [0.3, 0.4) is 0 Å². The first-order valence-electron chi connectivity index (χ1n) is 10.4. The van der Waals surface area contributed by atoms with Crippen molar-refractivity contribution in [1.82, 2.24) is 15.3 Å². The highest BCUT2D eigenvalue weighted by Crippen LogP contribution is 2.32. The summed E-state index contributed by atoms with van der Waals surface area (Å²) >= 11 is 0. The van der Waals surface area contributed by atoms with Crippen LogP contribution < -0.4 is 16.0 Å². The first-order chi connectivity index (χ1) is 15.5. The van der Waals surface area contributed by atoms with E-state index >= 15 is 0 Å². The number of rotatable bonds is 9. The first-order valence-corrected chi connectivity index (χ1v) is 10.4. The van der Waals surface area contributed by atoms with Gasteiger partial charge in [0.1, 0.15) is 5.82 Å². The summed E-state index contributed by atoms with van der Waals surface area (Å²) < 4.78 is 20.0. The van der Waals surface area contributed by atoms with Crippen LogP contribution in [0.4, 0.5) is 27.5 Å². The van der Waals surface area contributed by atoms with Crippen molar-refractivity contribution in [3.8, 4) is 0 Å². The summed E-state index contributed by atoms with van der Waals surface area (Å²) in [7, 11) is 1.66. The number of aromatic nitrogens is 2. The van der Waals surface area contributed by atoms with Crippen LogP contribution >= 0.6 is 0 Å². The Morgan fingerprint density at radius 3 is 2.91 bits per heavy atom. The van der Waals surface area contributed by atoms with Crippen LogP contribution in [0.2, 0.25) is 0 Å². The van der Waals surface area contributed by atoms with Crippen LogP contribution in [-0.2, 0) is 11.2 Å². The summed E-state index contributed by atoms with van der Waals surface area (Å²) in [5, 5.41) is 9.49. The second kappa shape index (κ2) is 9.62. The first kappa shape index (κ1) is 21.5. The topological polar surface area (TPSA) is 71.1 Å². The molecule has 0 unspecified atom stereocenters. The summed E-state index contributed by atoms with van der Waals surface area (Å²) in [6.07, 6.45) is 4.32. The van der Waals surface area contributed by atoms with Crippen LogP contribution in [0.1, 0.15) is 23.6 Å². The molecule has 0 fully saturated rings. The second-order valence-electron chi connectivity index (χ2n) is 7.66. The molecule has 32 heavy (non-hydrogen) atoms. The van der Waals surface area contributed by atoms with E-state index in [0.717, 1.165) is 34.5 Å². The zero-order valence-electron chi connectivity index (χ0n) is 18.2. The minimum Gasteiger partial charge on any atom is -0.383 e. The molecular formula is C25H26FN5O. The van der Waals surface area contributed by atoms with Gasteiger partial charge in [-0.05, 0) is 48.7 Å². The van der Waals surface area contributed by atoms with Crippen LogP contribution in [0, 0.1) is 5.82 Å². The number of benzene rings is 2. The summed E-state index contributed by atoms with van der Waals surface area (Å²) in [6.45, 7) is 7.36. The van der Waals surface area contributed by atoms with Crippen LogP contribution in [0.15, 0.2) is 60.8 Å². The lowest BCUT2D eigenvalue weighted by Crippen LogP contribution is -2.17. The molecule has 0 aliphatic heterocycles. The number of hydrogen-bond donors (Lipinski definition) is 3. The van der Waals surface area contributed by atoms with Crippen molar-refractivity contribution in [2.75, 3.05) is 30.9 Å². The number of halogens is 1. The molecule has 7 heteroatoms. The zero-order valence-corrected chi connectivity index (χ0v) is 18.2. The molecule has 0 radical (unpaired) electrons. The fourth-order valence-corrected chi connectivity index (χ4v) is 3.58. The van der Waals surface area contributed by atoms with Gasteiger partial charge in [0.15, 0.2) is 5.82 Å². The van der Waals surface area contributed by atoms with Gasteiger partial charge < -0.3 is 20.7 Å². The van der Waals surface area contributed by atoms with E-state index in [9.17, 15) is 4.39 Å². The molecule has 0 saturated heterocycles. The Hall–Kier alpha value is -3.71. The molecule has 3 aromatic rings. The van der Waals surface area contributed by atoms with E-state index in [-0.39, 0.29) is 5.82 Å². The molecule has 1 aliphatic rings. The molecule has 0 atom stereocenters. The van der Waals surface area contributed by atoms with E-state index in [2.05, 4.69) is 32.5 Å².